The molecule has 0 bridgehead atoms. The molecule has 0 spiro atoms. The van der Waals surface area contributed by atoms with Crippen molar-refractivity contribution in [2.24, 2.45) is 5.73 Å². The zero-order valence-electron chi connectivity index (χ0n) is 5.90. The van der Waals surface area contributed by atoms with Gasteiger partial charge < -0.3 is 5.73 Å². The summed E-state index contributed by atoms with van der Waals surface area (Å²) in [4.78, 5) is 13.9. The molecule has 11 heavy (non-hydrogen) atoms. The highest BCUT2D eigenvalue weighted by Gasteiger charge is 1.92. The summed E-state index contributed by atoms with van der Waals surface area (Å²) >= 11 is 0. The second-order valence-electron chi connectivity index (χ2n) is 2.00. The summed E-state index contributed by atoms with van der Waals surface area (Å²) in [5.41, 5.74) is 6.70. The Labute approximate surface area is 64.6 Å². The Hall–Kier alpha value is -1.64. The molecule has 2 N–H and O–H groups in total. The van der Waals surface area contributed by atoms with E-state index in [9.17, 15) is 4.79 Å². The number of rotatable bonds is 2. The largest absolute Gasteiger partial charge is 0.398 e. The molecule has 3 nitrogen and oxygen atoms in total. The summed E-state index contributed by atoms with van der Waals surface area (Å²) in [5.74, 6) is 0. The third-order valence-corrected chi connectivity index (χ3v) is 1.24. The monoisotopic (exact) mass is 148 g/mol. The molecule has 0 saturated carbocycles. The minimum absolute atomic E-state index is 0.438. The second-order valence-corrected chi connectivity index (χ2v) is 2.00. The van der Waals surface area contributed by atoms with Crippen LogP contribution in [0.3, 0.4) is 0 Å². The van der Waals surface area contributed by atoms with Gasteiger partial charge in [-0.25, -0.2) is 0 Å². The lowest BCUT2D eigenvalue weighted by atomic mass is 10.2. The first-order valence-corrected chi connectivity index (χ1v) is 3.16. The molecule has 1 aromatic heterocycles. The van der Waals surface area contributed by atoms with Crippen molar-refractivity contribution in [3.8, 4) is 0 Å². The average molecular weight is 148 g/mol. The van der Waals surface area contributed by atoms with E-state index in [-0.39, 0.29) is 0 Å². The van der Waals surface area contributed by atoms with Gasteiger partial charge in [-0.05, 0) is 12.1 Å². The van der Waals surface area contributed by atoms with Crippen molar-refractivity contribution >= 4 is 12.0 Å². The van der Waals surface area contributed by atoms with Gasteiger partial charge in [-0.1, -0.05) is 0 Å². The van der Waals surface area contributed by atoms with Crippen LogP contribution in [-0.2, 0) is 4.79 Å². The van der Waals surface area contributed by atoms with E-state index < -0.39 is 0 Å². The van der Waals surface area contributed by atoms with Gasteiger partial charge in [-0.15, -0.1) is 0 Å². The lowest BCUT2D eigenvalue weighted by Crippen LogP contribution is -1.96. The number of aldehydes is 1. The predicted molar refractivity (Wildman–Crippen MR) is 42.5 cm³/mol. The van der Waals surface area contributed by atoms with Crippen molar-refractivity contribution in [2.45, 2.75) is 0 Å². The van der Waals surface area contributed by atoms with Gasteiger partial charge in [0.2, 0.25) is 0 Å². The van der Waals surface area contributed by atoms with Crippen LogP contribution in [0.5, 0.6) is 0 Å². The van der Waals surface area contributed by atoms with Gasteiger partial charge in [0, 0.05) is 29.7 Å². The number of carbonyl (C=O) groups is 1. The number of allylic oxidation sites excluding steroid dienone is 1. The number of pyridine rings is 1. The van der Waals surface area contributed by atoms with E-state index in [0.29, 0.717) is 12.0 Å². The van der Waals surface area contributed by atoms with E-state index in [0.717, 1.165) is 5.56 Å². The molecule has 56 valence electrons. The zero-order chi connectivity index (χ0) is 8.10. The number of nitrogens with zero attached hydrogens (tertiary/aromatic N) is 1. The number of aromatic nitrogens is 1. The smallest absolute Gasteiger partial charge is 0.144 e. The van der Waals surface area contributed by atoms with Crippen LogP contribution in [-0.4, -0.2) is 11.3 Å². The Morgan fingerprint density at radius 3 is 3.00 bits per heavy atom. The molecule has 0 atom stereocenters. The topological polar surface area (TPSA) is 56.0 Å². The van der Waals surface area contributed by atoms with Gasteiger partial charge in [0.1, 0.15) is 6.29 Å². The van der Waals surface area contributed by atoms with Crippen LogP contribution >= 0.6 is 0 Å². The Balaban J connectivity index is 2.94. The molecule has 0 fully saturated rings. The molecule has 1 heterocycles. The lowest BCUT2D eigenvalue weighted by molar-refractivity contribution is -0.104. The molecular formula is C8H8N2O. The maximum Gasteiger partial charge on any atom is 0.144 e. The minimum atomic E-state index is 0.438. The first-order chi connectivity index (χ1) is 5.34. The number of hydrogen-bond donors (Lipinski definition) is 1. The highest BCUT2D eigenvalue weighted by atomic mass is 16.1. The first kappa shape index (κ1) is 7.47. The first-order valence-electron chi connectivity index (χ1n) is 3.16. The summed E-state index contributed by atoms with van der Waals surface area (Å²) in [6.45, 7) is 0. The summed E-state index contributed by atoms with van der Waals surface area (Å²) in [7, 11) is 0. The summed E-state index contributed by atoms with van der Waals surface area (Å²) in [5, 5.41) is 0. The van der Waals surface area contributed by atoms with Crippen molar-refractivity contribution in [2.75, 3.05) is 0 Å². The molecule has 1 rings (SSSR count). The normalized spacial score (nSPS) is 11.1. The average Bonchev–Trinajstić information content (AvgIpc) is 2.07. The maximum absolute atomic E-state index is 10.0. The quantitative estimate of drug-likeness (QED) is 0.493. The number of nitrogens with two attached hydrogens (primary N) is 1. The van der Waals surface area contributed by atoms with Crippen molar-refractivity contribution in [3.63, 3.8) is 0 Å². The highest BCUT2D eigenvalue weighted by molar-refractivity contribution is 5.79. The molecule has 1 aromatic rings. The molecule has 0 saturated heterocycles. The van der Waals surface area contributed by atoms with Gasteiger partial charge in [-0.2, -0.15) is 0 Å². The van der Waals surface area contributed by atoms with Gasteiger partial charge >= 0.3 is 0 Å². The second kappa shape index (κ2) is 3.51. The van der Waals surface area contributed by atoms with Crippen molar-refractivity contribution in [1.29, 1.82) is 0 Å². The highest BCUT2D eigenvalue weighted by Crippen LogP contribution is 2.03. The molecule has 0 aliphatic heterocycles. The van der Waals surface area contributed by atoms with Gasteiger partial charge in [0.15, 0.2) is 0 Å². The van der Waals surface area contributed by atoms with Crippen LogP contribution in [0.25, 0.3) is 5.70 Å². The van der Waals surface area contributed by atoms with Crippen LogP contribution < -0.4 is 5.73 Å². The van der Waals surface area contributed by atoms with Gasteiger partial charge in [0.05, 0.1) is 0 Å². The Morgan fingerprint density at radius 1 is 1.64 bits per heavy atom. The number of carbonyl (C=O) groups excluding carboxylic acids is 1. The van der Waals surface area contributed by atoms with E-state index >= 15 is 0 Å². The predicted octanol–water partition coefficient (Wildman–Crippen LogP) is 0.580. The number of hydrogen-bond acceptors (Lipinski definition) is 3. The molecule has 0 aromatic carbocycles. The Kier molecular flexibility index (Phi) is 2.38. The van der Waals surface area contributed by atoms with Crippen LogP contribution in [0.15, 0.2) is 30.6 Å². The van der Waals surface area contributed by atoms with Crippen LogP contribution in [0.4, 0.5) is 0 Å². The molecule has 0 aliphatic rings. The third kappa shape index (κ3) is 1.89. The van der Waals surface area contributed by atoms with Crippen molar-refractivity contribution in [3.05, 3.63) is 36.2 Å². The molecule has 0 radical (unpaired) electrons. The fraction of sp³-hybridized carbons (Fsp3) is 0. The maximum atomic E-state index is 10.0. The van der Waals surface area contributed by atoms with Crippen LogP contribution in [0, 0.1) is 0 Å². The standard InChI is InChI=1S/C8H8N2O/c9-8(3-5-11)7-2-1-4-10-6-7/h1-6H,9H2/b8-3+. The molecular weight excluding hydrogens is 140 g/mol. The summed E-state index contributed by atoms with van der Waals surface area (Å²) in [6, 6.07) is 3.56. The molecule has 3 heteroatoms. The molecule has 0 unspecified atom stereocenters. The van der Waals surface area contributed by atoms with E-state index in [1.54, 1.807) is 24.5 Å². The van der Waals surface area contributed by atoms with Crippen molar-refractivity contribution in [1.82, 2.24) is 4.98 Å². The summed E-state index contributed by atoms with van der Waals surface area (Å²) in [6.07, 6.45) is 5.21. The zero-order valence-corrected chi connectivity index (χ0v) is 5.90. The Morgan fingerprint density at radius 2 is 2.45 bits per heavy atom. The van der Waals surface area contributed by atoms with Crippen LogP contribution in [0.1, 0.15) is 5.56 Å². The lowest BCUT2D eigenvalue weighted by Gasteiger charge is -1.96. The van der Waals surface area contributed by atoms with Crippen LogP contribution in [0.2, 0.25) is 0 Å². The fourth-order valence-electron chi connectivity index (χ4n) is 0.703. The van der Waals surface area contributed by atoms with E-state index in [4.69, 9.17) is 5.73 Å². The minimum Gasteiger partial charge on any atom is -0.398 e. The Bertz CT molecular complexity index is 267. The SMILES string of the molecule is N/C(=C/C=O)c1cccnc1. The van der Waals surface area contributed by atoms with Crippen molar-refractivity contribution < 1.29 is 4.79 Å². The third-order valence-electron chi connectivity index (χ3n) is 1.24. The van der Waals surface area contributed by atoms with E-state index in [2.05, 4.69) is 4.98 Å². The molecule has 0 amide bonds. The van der Waals surface area contributed by atoms with Gasteiger partial charge in [0.25, 0.3) is 0 Å². The van der Waals surface area contributed by atoms with Gasteiger partial charge in [-0.3, -0.25) is 9.78 Å². The summed E-state index contributed by atoms with van der Waals surface area (Å²) < 4.78 is 0. The molecule has 0 aliphatic carbocycles. The fourth-order valence-corrected chi connectivity index (χ4v) is 0.703. The van der Waals surface area contributed by atoms with E-state index in [1.807, 2.05) is 0 Å². The van der Waals surface area contributed by atoms with E-state index in [1.165, 1.54) is 6.08 Å².